The largest absolute Gasteiger partial charge is 0.417 e. The summed E-state index contributed by atoms with van der Waals surface area (Å²) in [5.41, 5.74) is -1.22. The number of benzene rings is 1. The Morgan fingerprint density at radius 2 is 1.81 bits per heavy atom. The summed E-state index contributed by atoms with van der Waals surface area (Å²) in [7, 11) is 0. The van der Waals surface area contributed by atoms with Gasteiger partial charge in [-0.2, -0.15) is 18.4 Å². The Morgan fingerprint density at radius 1 is 1.14 bits per heavy atom. The van der Waals surface area contributed by atoms with Gasteiger partial charge in [-0.15, -0.1) is 0 Å². The average molecular weight is 349 g/mol. The molecule has 21 heavy (non-hydrogen) atoms. The molecule has 0 saturated carbocycles. The fourth-order valence-corrected chi connectivity index (χ4v) is 2.28. The molecule has 0 unspecified atom stereocenters. The molecule has 1 aromatic heterocycles. The van der Waals surface area contributed by atoms with Crippen molar-refractivity contribution in [1.82, 2.24) is 4.98 Å². The molecule has 0 aliphatic rings. The fourth-order valence-electron chi connectivity index (χ4n) is 1.71. The van der Waals surface area contributed by atoms with Crippen LogP contribution in [-0.2, 0) is 6.18 Å². The van der Waals surface area contributed by atoms with Gasteiger partial charge < -0.3 is 4.98 Å². The Hall–Kier alpha value is -1.55. The third-order valence-electron chi connectivity index (χ3n) is 2.68. The van der Waals surface area contributed by atoms with Crippen molar-refractivity contribution in [3.05, 3.63) is 50.1 Å². The molecule has 1 aromatic carbocycles. The first-order valence-electron chi connectivity index (χ1n) is 5.44. The number of rotatable bonds is 1. The SMILES string of the molecule is N#Cc1c(C(F)(F)F)cc(-c2ccc(Cl)c(Cl)c2)[nH]c1=S. The van der Waals surface area contributed by atoms with Crippen molar-refractivity contribution in [3.8, 4) is 17.3 Å². The first-order chi connectivity index (χ1) is 9.74. The van der Waals surface area contributed by atoms with Gasteiger partial charge in [-0.25, -0.2) is 0 Å². The number of pyridine rings is 1. The molecule has 0 spiro atoms. The molecule has 2 rings (SSSR count). The Balaban J connectivity index is 2.72. The van der Waals surface area contributed by atoms with Crippen LogP contribution in [0.5, 0.6) is 0 Å². The molecule has 1 heterocycles. The van der Waals surface area contributed by atoms with Gasteiger partial charge in [-0.05, 0) is 23.8 Å². The Kier molecular flexibility index (Phi) is 4.28. The average Bonchev–Trinajstić information content (AvgIpc) is 2.40. The predicted octanol–water partition coefficient (Wildman–Crippen LogP) is 5.61. The number of hydrogen-bond donors (Lipinski definition) is 1. The summed E-state index contributed by atoms with van der Waals surface area (Å²) in [6, 6.07) is 6.67. The summed E-state index contributed by atoms with van der Waals surface area (Å²) < 4.78 is 38.7. The topological polar surface area (TPSA) is 39.6 Å². The molecule has 0 amide bonds. The van der Waals surface area contributed by atoms with Gasteiger partial charge in [0, 0.05) is 5.69 Å². The Labute approximate surface area is 132 Å². The van der Waals surface area contributed by atoms with E-state index in [1.165, 1.54) is 24.3 Å². The van der Waals surface area contributed by atoms with E-state index in [-0.39, 0.29) is 20.4 Å². The van der Waals surface area contributed by atoms with Gasteiger partial charge in [0.05, 0.1) is 21.2 Å². The second-order valence-electron chi connectivity index (χ2n) is 4.04. The number of aromatic amines is 1. The van der Waals surface area contributed by atoms with Crippen LogP contribution in [0.3, 0.4) is 0 Å². The standard InChI is InChI=1S/C13H5Cl2F3N2S/c14-9-2-1-6(3-10(9)15)11-4-8(13(16,17)18)7(5-19)12(21)20-11/h1-4H,(H,20,21). The van der Waals surface area contributed by atoms with Crippen LogP contribution in [0, 0.1) is 16.0 Å². The van der Waals surface area contributed by atoms with E-state index >= 15 is 0 Å². The van der Waals surface area contributed by atoms with Crippen LogP contribution in [0.1, 0.15) is 11.1 Å². The summed E-state index contributed by atoms with van der Waals surface area (Å²) in [6.07, 6.45) is -4.68. The van der Waals surface area contributed by atoms with Crippen molar-refractivity contribution in [1.29, 1.82) is 5.26 Å². The number of hydrogen-bond acceptors (Lipinski definition) is 2. The first kappa shape index (κ1) is 15.8. The van der Waals surface area contributed by atoms with Gasteiger partial charge in [0.2, 0.25) is 0 Å². The smallest absolute Gasteiger partial charge is 0.345 e. The number of halogens is 5. The zero-order valence-corrected chi connectivity index (χ0v) is 12.4. The molecule has 0 saturated heterocycles. The maximum absolute atomic E-state index is 13.0. The van der Waals surface area contributed by atoms with E-state index in [1.807, 2.05) is 0 Å². The second-order valence-corrected chi connectivity index (χ2v) is 5.26. The number of H-pyrrole nitrogens is 1. The van der Waals surface area contributed by atoms with Gasteiger partial charge in [-0.1, -0.05) is 41.5 Å². The molecule has 0 bridgehead atoms. The van der Waals surface area contributed by atoms with E-state index in [2.05, 4.69) is 4.98 Å². The molecule has 8 heteroatoms. The lowest BCUT2D eigenvalue weighted by atomic mass is 10.1. The van der Waals surface area contributed by atoms with Crippen molar-refractivity contribution < 1.29 is 13.2 Å². The van der Waals surface area contributed by atoms with Crippen LogP contribution in [-0.4, -0.2) is 4.98 Å². The summed E-state index contributed by atoms with van der Waals surface area (Å²) in [6.45, 7) is 0. The fraction of sp³-hybridized carbons (Fsp3) is 0.0769. The molecule has 1 N–H and O–H groups in total. The van der Waals surface area contributed by atoms with Crippen LogP contribution in [0.4, 0.5) is 13.2 Å². The van der Waals surface area contributed by atoms with Crippen LogP contribution < -0.4 is 0 Å². The summed E-state index contributed by atoms with van der Waals surface area (Å²) in [5, 5.41) is 9.31. The molecule has 0 aliphatic carbocycles. The Morgan fingerprint density at radius 3 is 2.33 bits per heavy atom. The van der Waals surface area contributed by atoms with Gasteiger partial charge in [-0.3, -0.25) is 0 Å². The predicted molar refractivity (Wildman–Crippen MR) is 76.8 cm³/mol. The molecular weight excluding hydrogens is 344 g/mol. The van der Waals surface area contributed by atoms with Crippen molar-refractivity contribution >= 4 is 35.4 Å². The number of nitrogens with one attached hydrogen (secondary N) is 1. The van der Waals surface area contributed by atoms with Gasteiger partial charge in [0.1, 0.15) is 10.7 Å². The highest BCUT2D eigenvalue weighted by atomic mass is 35.5. The van der Waals surface area contributed by atoms with Crippen molar-refractivity contribution in [2.45, 2.75) is 6.18 Å². The molecule has 0 fully saturated rings. The molecule has 108 valence electrons. The molecular formula is C13H5Cl2F3N2S. The van der Waals surface area contributed by atoms with E-state index in [0.717, 1.165) is 6.07 Å². The molecule has 2 aromatic rings. The maximum Gasteiger partial charge on any atom is 0.417 e. The first-order valence-corrected chi connectivity index (χ1v) is 6.60. The number of aromatic nitrogens is 1. The van der Waals surface area contributed by atoms with Gasteiger partial charge in [0.25, 0.3) is 0 Å². The monoisotopic (exact) mass is 348 g/mol. The minimum absolute atomic E-state index is 0.102. The lowest BCUT2D eigenvalue weighted by Crippen LogP contribution is -2.09. The highest BCUT2D eigenvalue weighted by Gasteiger charge is 2.34. The molecule has 0 atom stereocenters. The van der Waals surface area contributed by atoms with Crippen LogP contribution >= 0.6 is 35.4 Å². The lowest BCUT2D eigenvalue weighted by molar-refractivity contribution is -0.137. The van der Waals surface area contributed by atoms with Crippen LogP contribution in [0.2, 0.25) is 10.0 Å². The quantitative estimate of drug-likeness (QED) is 0.680. The van der Waals surface area contributed by atoms with Crippen molar-refractivity contribution in [2.24, 2.45) is 0 Å². The highest BCUT2D eigenvalue weighted by molar-refractivity contribution is 7.71. The summed E-state index contributed by atoms with van der Waals surface area (Å²) >= 11 is 16.4. The van der Waals surface area contributed by atoms with Crippen LogP contribution in [0.25, 0.3) is 11.3 Å². The normalized spacial score (nSPS) is 11.2. The number of nitrogens with zero attached hydrogens (tertiary/aromatic N) is 1. The van der Waals surface area contributed by atoms with Gasteiger partial charge >= 0.3 is 6.18 Å². The van der Waals surface area contributed by atoms with Crippen molar-refractivity contribution in [2.75, 3.05) is 0 Å². The third kappa shape index (κ3) is 3.21. The van der Waals surface area contributed by atoms with E-state index in [9.17, 15) is 13.2 Å². The number of alkyl halides is 3. The second kappa shape index (κ2) is 5.68. The zero-order valence-electron chi connectivity index (χ0n) is 10.1. The molecule has 0 aliphatic heterocycles. The van der Waals surface area contributed by atoms with E-state index in [1.54, 1.807) is 0 Å². The zero-order chi connectivity index (χ0) is 15.8. The minimum atomic E-state index is -4.68. The Bertz CT molecular complexity index is 807. The summed E-state index contributed by atoms with van der Waals surface area (Å²) in [5.74, 6) is 0. The molecule has 2 nitrogen and oxygen atoms in total. The molecule has 0 radical (unpaired) electrons. The minimum Gasteiger partial charge on any atom is -0.345 e. The summed E-state index contributed by atoms with van der Waals surface area (Å²) in [4.78, 5) is 2.59. The van der Waals surface area contributed by atoms with Crippen molar-refractivity contribution in [3.63, 3.8) is 0 Å². The van der Waals surface area contributed by atoms with E-state index in [4.69, 9.17) is 40.7 Å². The third-order valence-corrected chi connectivity index (χ3v) is 3.73. The lowest BCUT2D eigenvalue weighted by Gasteiger charge is -2.12. The highest BCUT2D eigenvalue weighted by Crippen LogP contribution is 2.35. The van der Waals surface area contributed by atoms with Crippen LogP contribution in [0.15, 0.2) is 24.3 Å². The number of nitriles is 1. The van der Waals surface area contributed by atoms with E-state index < -0.39 is 17.3 Å². The van der Waals surface area contributed by atoms with E-state index in [0.29, 0.717) is 5.56 Å². The van der Waals surface area contributed by atoms with Gasteiger partial charge in [0.15, 0.2) is 0 Å². The maximum atomic E-state index is 13.0.